The minimum Gasteiger partial charge on any atom is -0.481 e. The SMILES string of the molecule is CCc1c(C(=O)NNC(=O)[C@H]2C3C=CC(C3)[C@H]2C(=O)O)csc1C. The third-order valence-corrected chi connectivity index (χ3v) is 6.00. The zero-order valence-electron chi connectivity index (χ0n) is 13.5. The van der Waals surface area contributed by atoms with Gasteiger partial charge in [0.1, 0.15) is 0 Å². The van der Waals surface area contributed by atoms with E-state index in [0.29, 0.717) is 12.0 Å². The lowest BCUT2D eigenvalue weighted by atomic mass is 9.82. The quantitative estimate of drug-likeness (QED) is 0.572. The molecule has 3 N–H and O–H groups in total. The van der Waals surface area contributed by atoms with Crippen molar-refractivity contribution in [3.63, 3.8) is 0 Å². The maximum Gasteiger partial charge on any atom is 0.307 e. The average Bonchev–Trinajstić information content (AvgIpc) is 3.25. The van der Waals surface area contributed by atoms with Crippen molar-refractivity contribution in [2.24, 2.45) is 23.7 Å². The van der Waals surface area contributed by atoms with Gasteiger partial charge in [-0.3, -0.25) is 25.2 Å². The van der Waals surface area contributed by atoms with Crippen LogP contribution in [0.2, 0.25) is 0 Å². The molecule has 1 aromatic heterocycles. The molecule has 2 unspecified atom stereocenters. The lowest BCUT2D eigenvalue weighted by Gasteiger charge is -2.23. The van der Waals surface area contributed by atoms with Crippen molar-refractivity contribution in [1.82, 2.24) is 10.9 Å². The van der Waals surface area contributed by atoms with Gasteiger partial charge in [-0.2, -0.15) is 0 Å². The Balaban J connectivity index is 1.66. The van der Waals surface area contributed by atoms with Crippen LogP contribution in [-0.4, -0.2) is 22.9 Å². The number of carboxylic acids is 1. The number of nitrogens with one attached hydrogen (secondary N) is 2. The number of carbonyl (C=O) groups excluding carboxylic acids is 2. The lowest BCUT2D eigenvalue weighted by Crippen LogP contribution is -2.48. The van der Waals surface area contributed by atoms with E-state index >= 15 is 0 Å². The molecule has 1 fully saturated rings. The Labute approximate surface area is 143 Å². The summed E-state index contributed by atoms with van der Waals surface area (Å²) in [5, 5.41) is 11.2. The number of hydrazine groups is 1. The summed E-state index contributed by atoms with van der Waals surface area (Å²) in [5.41, 5.74) is 6.38. The maximum atomic E-state index is 12.4. The zero-order valence-corrected chi connectivity index (χ0v) is 14.4. The van der Waals surface area contributed by atoms with Crippen molar-refractivity contribution in [3.8, 4) is 0 Å². The Morgan fingerprint density at radius 2 is 1.88 bits per heavy atom. The predicted molar refractivity (Wildman–Crippen MR) is 89.4 cm³/mol. The summed E-state index contributed by atoms with van der Waals surface area (Å²) in [4.78, 5) is 37.2. The van der Waals surface area contributed by atoms with Crippen molar-refractivity contribution in [2.75, 3.05) is 0 Å². The monoisotopic (exact) mass is 348 g/mol. The van der Waals surface area contributed by atoms with E-state index in [4.69, 9.17) is 0 Å². The van der Waals surface area contributed by atoms with Gasteiger partial charge in [0.2, 0.25) is 5.91 Å². The van der Waals surface area contributed by atoms with E-state index in [-0.39, 0.29) is 17.7 Å². The van der Waals surface area contributed by atoms with E-state index in [1.54, 1.807) is 5.38 Å². The molecule has 0 aromatic carbocycles. The number of hydrogen-bond donors (Lipinski definition) is 3. The fourth-order valence-corrected chi connectivity index (χ4v) is 4.84. The van der Waals surface area contributed by atoms with Crippen LogP contribution in [-0.2, 0) is 16.0 Å². The van der Waals surface area contributed by atoms with E-state index in [0.717, 1.165) is 16.9 Å². The van der Waals surface area contributed by atoms with E-state index in [1.807, 2.05) is 26.0 Å². The molecule has 7 heteroatoms. The fourth-order valence-electron chi connectivity index (χ4n) is 3.89. The van der Waals surface area contributed by atoms with Crippen LogP contribution in [0.15, 0.2) is 17.5 Å². The van der Waals surface area contributed by atoms with E-state index < -0.39 is 23.7 Å². The number of rotatable bonds is 4. The Morgan fingerprint density at radius 3 is 2.50 bits per heavy atom. The van der Waals surface area contributed by atoms with Gasteiger partial charge >= 0.3 is 5.97 Å². The zero-order chi connectivity index (χ0) is 17.4. The van der Waals surface area contributed by atoms with Crippen LogP contribution in [0.1, 0.15) is 34.1 Å². The number of aliphatic carboxylic acids is 1. The molecule has 128 valence electrons. The summed E-state index contributed by atoms with van der Waals surface area (Å²) < 4.78 is 0. The molecule has 2 bridgehead atoms. The van der Waals surface area contributed by atoms with Gasteiger partial charge in [0.25, 0.3) is 5.91 Å². The van der Waals surface area contributed by atoms with Crippen molar-refractivity contribution >= 4 is 29.1 Å². The summed E-state index contributed by atoms with van der Waals surface area (Å²) >= 11 is 1.50. The highest BCUT2D eigenvalue weighted by molar-refractivity contribution is 7.10. The molecule has 1 aromatic rings. The first-order chi connectivity index (χ1) is 11.4. The number of carbonyl (C=O) groups is 3. The molecule has 2 aliphatic carbocycles. The Bertz CT molecular complexity index is 724. The molecular formula is C17H20N2O4S. The topological polar surface area (TPSA) is 95.5 Å². The third kappa shape index (κ3) is 2.73. The van der Waals surface area contributed by atoms with Gasteiger partial charge in [0, 0.05) is 10.3 Å². The van der Waals surface area contributed by atoms with Crippen molar-refractivity contribution in [3.05, 3.63) is 33.5 Å². The van der Waals surface area contributed by atoms with Gasteiger partial charge in [-0.1, -0.05) is 19.1 Å². The summed E-state index contributed by atoms with van der Waals surface area (Å²) in [6, 6.07) is 0. The molecule has 6 nitrogen and oxygen atoms in total. The summed E-state index contributed by atoms with van der Waals surface area (Å²) in [6.45, 7) is 3.93. The van der Waals surface area contributed by atoms with Gasteiger partial charge in [-0.25, -0.2) is 0 Å². The smallest absolute Gasteiger partial charge is 0.307 e. The van der Waals surface area contributed by atoms with Gasteiger partial charge in [0.05, 0.1) is 17.4 Å². The first-order valence-electron chi connectivity index (χ1n) is 8.02. The van der Waals surface area contributed by atoms with E-state index in [2.05, 4.69) is 10.9 Å². The molecule has 0 radical (unpaired) electrons. The van der Waals surface area contributed by atoms with Crippen LogP contribution in [0.4, 0.5) is 0 Å². The van der Waals surface area contributed by atoms with Gasteiger partial charge < -0.3 is 5.11 Å². The van der Waals surface area contributed by atoms with Crippen molar-refractivity contribution < 1.29 is 19.5 Å². The van der Waals surface area contributed by atoms with E-state index in [1.165, 1.54) is 11.3 Å². The standard InChI is InChI=1S/C17H20N2O4S/c1-3-11-8(2)24-7-12(11)15(20)18-19-16(21)13-9-4-5-10(6-9)14(13)17(22)23/h4-5,7,9-10,13-14H,3,6H2,1-2H3,(H,18,20)(H,19,21)(H,22,23)/t9?,10?,13-,14+/m0/s1. The highest BCUT2D eigenvalue weighted by atomic mass is 32.1. The number of allylic oxidation sites excluding steroid dienone is 2. The second kappa shape index (κ2) is 6.39. The molecule has 2 amide bonds. The van der Waals surface area contributed by atoms with Gasteiger partial charge in [-0.05, 0) is 37.2 Å². The van der Waals surface area contributed by atoms with Crippen LogP contribution in [0.25, 0.3) is 0 Å². The van der Waals surface area contributed by atoms with Crippen LogP contribution in [0.3, 0.4) is 0 Å². The van der Waals surface area contributed by atoms with Crippen molar-refractivity contribution in [2.45, 2.75) is 26.7 Å². The average molecular weight is 348 g/mol. The first-order valence-corrected chi connectivity index (χ1v) is 8.90. The van der Waals surface area contributed by atoms with Gasteiger partial charge in [0.15, 0.2) is 0 Å². The maximum absolute atomic E-state index is 12.4. The van der Waals surface area contributed by atoms with Crippen LogP contribution >= 0.6 is 11.3 Å². The van der Waals surface area contributed by atoms with Crippen LogP contribution in [0.5, 0.6) is 0 Å². The highest BCUT2D eigenvalue weighted by Crippen LogP contribution is 2.48. The van der Waals surface area contributed by atoms with Crippen molar-refractivity contribution in [1.29, 1.82) is 0 Å². The first kappa shape index (κ1) is 16.7. The summed E-state index contributed by atoms with van der Waals surface area (Å²) in [5.74, 6) is -3.26. The molecule has 0 aliphatic heterocycles. The Hall–Kier alpha value is -2.15. The number of carboxylic acid groups (broad SMARTS) is 1. The van der Waals surface area contributed by atoms with Crippen LogP contribution in [0, 0.1) is 30.6 Å². The fraction of sp³-hybridized carbons (Fsp3) is 0.471. The predicted octanol–water partition coefficient (Wildman–Crippen LogP) is 1.90. The molecule has 0 spiro atoms. The lowest BCUT2D eigenvalue weighted by molar-refractivity contribution is -0.148. The molecule has 0 saturated heterocycles. The van der Waals surface area contributed by atoms with Crippen LogP contribution < -0.4 is 10.9 Å². The molecule has 24 heavy (non-hydrogen) atoms. The molecular weight excluding hydrogens is 328 g/mol. The molecule has 4 atom stereocenters. The Morgan fingerprint density at radius 1 is 1.21 bits per heavy atom. The molecule has 1 heterocycles. The highest BCUT2D eigenvalue weighted by Gasteiger charge is 2.51. The second-order valence-electron chi connectivity index (χ2n) is 6.32. The molecule has 1 saturated carbocycles. The molecule has 3 rings (SSSR count). The molecule has 2 aliphatic rings. The van der Waals surface area contributed by atoms with E-state index in [9.17, 15) is 19.5 Å². The number of thiophene rings is 1. The third-order valence-electron chi connectivity index (χ3n) is 5.05. The second-order valence-corrected chi connectivity index (χ2v) is 7.40. The Kier molecular flexibility index (Phi) is 4.45. The normalized spacial score (nSPS) is 27.2. The summed E-state index contributed by atoms with van der Waals surface area (Å²) in [6.07, 6.45) is 5.22. The number of hydrogen-bond acceptors (Lipinski definition) is 4. The number of aryl methyl sites for hydroxylation is 1. The number of amides is 2. The minimum atomic E-state index is -0.958. The summed E-state index contributed by atoms with van der Waals surface area (Å²) in [7, 11) is 0. The largest absolute Gasteiger partial charge is 0.481 e. The number of fused-ring (bicyclic) bond motifs is 2. The minimum absolute atomic E-state index is 0.0670. The van der Waals surface area contributed by atoms with Gasteiger partial charge in [-0.15, -0.1) is 11.3 Å².